The fourth-order valence-electron chi connectivity index (χ4n) is 3.67. The summed E-state index contributed by atoms with van der Waals surface area (Å²) in [4.78, 5) is 29.3. The van der Waals surface area contributed by atoms with E-state index in [2.05, 4.69) is 0 Å². The van der Waals surface area contributed by atoms with Crippen LogP contribution in [-0.4, -0.2) is 82.4 Å². The van der Waals surface area contributed by atoms with Crippen LogP contribution in [-0.2, 0) is 23.6 Å². The number of ether oxygens (including phenoxy) is 2. The van der Waals surface area contributed by atoms with Crippen molar-refractivity contribution in [3.63, 3.8) is 0 Å². The van der Waals surface area contributed by atoms with Crippen LogP contribution >= 0.6 is 7.37 Å². The van der Waals surface area contributed by atoms with Crippen molar-refractivity contribution in [3.05, 3.63) is 48.5 Å². The topological polar surface area (TPSA) is 85.4 Å². The summed E-state index contributed by atoms with van der Waals surface area (Å²) in [6.07, 6.45) is -0.382. The lowest BCUT2D eigenvalue weighted by Gasteiger charge is -2.30. The maximum Gasteiger partial charge on any atom is 0.310 e. The molecule has 9 heteroatoms. The Balaban J connectivity index is 1.83. The third kappa shape index (κ3) is 6.69. The zero-order valence-electron chi connectivity index (χ0n) is 20.2. The van der Waals surface area contributed by atoms with E-state index < -0.39 is 25.2 Å². The van der Waals surface area contributed by atoms with Gasteiger partial charge in [0.15, 0.2) is 0 Å². The molecule has 2 aromatic rings. The van der Waals surface area contributed by atoms with Crippen LogP contribution in [0.3, 0.4) is 0 Å². The zero-order chi connectivity index (χ0) is 24.7. The lowest BCUT2D eigenvalue weighted by Crippen LogP contribution is -2.31. The van der Waals surface area contributed by atoms with Gasteiger partial charge in [-0.1, -0.05) is 36.4 Å². The van der Waals surface area contributed by atoms with E-state index in [-0.39, 0.29) is 25.8 Å². The Hall–Kier alpha value is -2.67. The molecule has 3 rings (SSSR count). The van der Waals surface area contributed by atoms with Gasteiger partial charge in [-0.15, -0.1) is 0 Å². The number of fused-ring (bicyclic) bond motifs is 3. The maximum atomic E-state index is 14.2. The Morgan fingerprint density at radius 1 is 0.882 bits per heavy atom. The van der Waals surface area contributed by atoms with Crippen molar-refractivity contribution >= 4 is 24.6 Å². The third-order valence-electron chi connectivity index (χ3n) is 5.49. The molecule has 0 fully saturated rings. The Morgan fingerprint density at radius 2 is 1.47 bits per heavy atom. The molecule has 1 heterocycles. The van der Waals surface area contributed by atoms with Crippen molar-refractivity contribution in [2.75, 3.05) is 60.7 Å². The SMILES string of the molecule is CN(C)CCOC(=O)CC(CP1(=O)Oc2ccccc2-c2ccccc21)C(=O)OCCN(C)C. The molecule has 1 aliphatic rings. The van der Waals surface area contributed by atoms with Gasteiger partial charge in [0, 0.05) is 18.7 Å². The van der Waals surface area contributed by atoms with Crippen molar-refractivity contribution in [2.45, 2.75) is 6.42 Å². The van der Waals surface area contributed by atoms with Crippen LogP contribution in [0.2, 0.25) is 0 Å². The highest BCUT2D eigenvalue weighted by Crippen LogP contribution is 2.55. The Morgan fingerprint density at radius 3 is 2.15 bits per heavy atom. The first-order chi connectivity index (χ1) is 16.2. The summed E-state index contributed by atoms with van der Waals surface area (Å²) in [7, 11) is 3.97. The van der Waals surface area contributed by atoms with Gasteiger partial charge in [0.25, 0.3) is 7.37 Å². The molecule has 0 aliphatic carbocycles. The molecule has 0 bridgehead atoms. The molecular weight excluding hydrogens is 455 g/mol. The molecule has 0 saturated heterocycles. The second kappa shape index (κ2) is 11.6. The van der Waals surface area contributed by atoms with Gasteiger partial charge < -0.3 is 23.8 Å². The lowest BCUT2D eigenvalue weighted by molar-refractivity contribution is -0.154. The van der Waals surface area contributed by atoms with Crippen molar-refractivity contribution in [2.24, 2.45) is 5.92 Å². The van der Waals surface area contributed by atoms with Crippen molar-refractivity contribution < 1.29 is 28.2 Å². The number of para-hydroxylation sites is 1. The number of carbonyl (C=O) groups excluding carboxylic acids is 2. The molecule has 2 aromatic carbocycles. The summed E-state index contributed by atoms with van der Waals surface area (Å²) in [6, 6.07) is 14.7. The zero-order valence-corrected chi connectivity index (χ0v) is 21.1. The van der Waals surface area contributed by atoms with Gasteiger partial charge >= 0.3 is 11.9 Å². The standard InChI is InChI=1S/C25H33N2O6P/c1-26(2)13-15-31-24(28)17-19(25(29)32-16-14-27(3)4)18-34(30)23-12-8-6-10-21(23)20-9-5-7-11-22(20)33-34/h5-12,19H,13-18H2,1-4H3. The van der Waals surface area contributed by atoms with Gasteiger partial charge in [-0.25, -0.2) is 0 Å². The quantitative estimate of drug-likeness (QED) is 0.353. The Kier molecular flexibility index (Phi) is 8.89. The highest BCUT2D eigenvalue weighted by molar-refractivity contribution is 7.67. The van der Waals surface area contributed by atoms with E-state index in [1.807, 2.05) is 68.3 Å². The number of carbonyl (C=O) groups is 2. The van der Waals surface area contributed by atoms with E-state index in [0.29, 0.717) is 24.1 Å². The number of hydrogen-bond donors (Lipinski definition) is 0. The van der Waals surface area contributed by atoms with Gasteiger partial charge in [0.2, 0.25) is 0 Å². The van der Waals surface area contributed by atoms with Gasteiger partial charge in [-0.05, 0) is 45.9 Å². The summed E-state index contributed by atoms with van der Waals surface area (Å²) in [6.45, 7) is 1.48. The predicted octanol–water partition coefficient (Wildman–Crippen LogP) is 2.87. The van der Waals surface area contributed by atoms with E-state index in [1.54, 1.807) is 18.2 Å². The molecule has 34 heavy (non-hydrogen) atoms. The van der Waals surface area contributed by atoms with Crippen LogP contribution in [0.15, 0.2) is 48.5 Å². The van der Waals surface area contributed by atoms with Crippen LogP contribution in [0.5, 0.6) is 5.75 Å². The largest absolute Gasteiger partial charge is 0.464 e. The van der Waals surface area contributed by atoms with Crippen LogP contribution in [0, 0.1) is 5.92 Å². The predicted molar refractivity (Wildman–Crippen MR) is 132 cm³/mol. The second-order valence-corrected chi connectivity index (χ2v) is 11.2. The monoisotopic (exact) mass is 488 g/mol. The Bertz CT molecular complexity index is 1060. The molecule has 184 valence electrons. The molecule has 2 atom stereocenters. The molecule has 2 unspecified atom stereocenters. The summed E-state index contributed by atoms with van der Waals surface area (Å²) in [5, 5.41) is 0.542. The fraction of sp³-hybridized carbons (Fsp3) is 0.440. The molecule has 0 amide bonds. The first-order valence-electron chi connectivity index (χ1n) is 11.3. The normalized spacial score (nSPS) is 17.5. The molecule has 0 aromatic heterocycles. The molecule has 0 N–H and O–H groups in total. The van der Waals surface area contributed by atoms with E-state index in [4.69, 9.17) is 14.0 Å². The first kappa shape index (κ1) is 25.9. The highest BCUT2D eigenvalue weighted by Gasteiger charge is 2.41. The number of rotatable bonds is 11. The van der Waals surface area contributed by atoms with Gasteiger partial charge in [0.1, 0.15) is 19.0 Å². The van der Waals surface area contributed by atoms with Crippen LogP contribution in [0.25, 0.3) is 11.1 Å². The number of esters is 2. The van der Waals surface area contributed by atoms with Crippen molar-refractivity contribution in [1.82, 2.24) is 9.80 Å². The lowest BCUT2D eigenvalue weighted by atomic mass is 10.0. The summed E-state index contributed by atoms with van der Waals surface area (Å²) in [5.74, 6) is -1.58. The summed E-state index contributed by atoms with van der Waals surface area (Å²) >= 11 is 0. The molecule has 1 aliphatic heterocycles. The number of likely N-dealkylation sites (N-methyl/N-ethyl adjacent to an activating group) is 2. The van der Waals surface area contributed by atoms with Gasteiger partial charge in [-0.3, -0.25) is 14.2 Å². The maximum absolute atomic E-state index is 14.2. The number of benzene rings is 2. The second-order valence-electron chi connectivity index (χ2n) is 8.86. The molecule has 0 saturated carbocycles. The molecular formula is C25H33N2O6P. The molecule has 0 radical (unpaired) electrons. The van der Waals surface area contributed by atoms with E-state index in [1.165, 1.54) is 0 Å². The summed E-state index contributed by atoms with van der Waals surface area (Å²) in [5.41, 5.74) is 1.65. The molecule has 0 spiro atoms. The summed E-state index contributed by atoms with van der Waals surface area (Å²) < 4.78 is 31.0. The van der Waals surface area contributed by atoms with Gasteiger partial charge in [0.05, 0.1) is 23.8 Å². The molecule has 8 nitrogen and oxygen atoms in total. The highest BCUT2D eigenvalue weighted by atomic mass is 31.2. The smallest absolute Gasteiger partial charge is 0.310 e. The average molecular weight is 489 g/mol. The minimum Gasteiger partial charge on any atom is -0.464 e. The van der Waals surface area contributed by atoms with E-state index >= 15 is 0 Å². The minimum absolute atomic E-state index is 0.151. The first-order valence-corrected chi connectivity index (χ1v) is 13.1. The fourth-order valence-corrected chi connectivity index (χ4v) is 6.25. The number of nitrogens with zero attached hydrogens (tertiary/aromatic N) is 2. The number of hydrogen-bond acceptors (Lipinski definition) is 8. The van der Waals surface area contributed by atoms with E-state index in [0.717, 1.165) is 11.1 Å². The average Bonchev–Trinajstić information content (AvgIpc) is 2.78. The van der Waals surface area contributed by atoms with Crippen LogP contribution < -0.4 is 9.83 Å². The van der Waals surface area contributed by atoms with Gasteiger partial charge in [-0.2, -0.15) is 0 Å². The van der Waals surface area contributed by atoms with Crippen LogP contribution in [0.4, 0.5) is 0 Å². The van der Waals surface area contributed by atoms with E-state index in [9.17, 15) is 14.2 Å². The Labute approximate surface area is 201 Å². The van der Waals surface area contributed by atoms with Crippen molar-refractivity contribution in [3.8, 4) is 16.9 Å². The van der Waals surface area contributed by atoms with Crippen molar-refractivity contribution in [1.29, 1.82) is 0 Å². The third-order valence-corrected chi connectivity index (χ3v) is 8.02. The minimum atomic E-state index is -3.52. The van der Waals surface area contributed by atoms with Crippen LogP contribution in [0.1, 0.15) is 6.42 Å².